The third kappa shape index (κ3) is 5.03. The van der Waals surface area contributed by atoms with Crippen LogP contribution < -0.4 is 5.32 Å². The van der Waals surface area contributed by atoms with Crippen molar-refractivity contribution in [2.45, 2.75) is 38.6 Å². The van der Waals surface area contributed by atoms with Gasteiger partial charge in [0.2, 0.25) is 5.91 Å². The van der Waals surface area contributed by atoms with E-state index in [-0.39, 0.29) is 29.9 Å². The Morgan fingerprint density at radius 1 is 1.04 bits per heavy atom. The van der Waals surface area contributed by atoms with Crippen molar-refractivity contribution in [2.75, 3.05) is 32.8 Å². The monoisotopic (exact) mass is 387 g/mol. The van der Waals surface area contributed by atoms with Crippen LogP contribution in [0.3, 0.4) is 0 Å². The Kier molecular flexibility index (Phi) is 6.90. The number of carbonyl (C=O) groups excluding carboxylic acids is 3. The van der Waals surface area contributed by atoms with Crippen LogP contribution >= 0.6 is 0 Å². The summed E-state index contributed by atoms with van der Waals surface area (Å²) in [5, 5.41) is 3.12. The Morgan fingerprint density at radius 3 is 2.43 bits per heavy atom. The van der Waals surface area contributed by atoms with E-state index in [2.05, 4.69) is 5.32 Å². The molecule has 0 aliphatic carbocycles. The lowest BCUT2D eigenvalue weighted by Crippen LogP contribution is -2.50. The molecule has 2 fully saturated rings. The molecule has 7 nitrogen and oxygen atoms in total. The number of nitrogens with zero attached hydrogens (tertiary/aromatic N) is 2. The fraction of sp³-hybridized carbons (Fsp3) is 0.571. The number of piperidine rings is 2. The number of hydrogen-bond acceptors (Lipinski definition) is 4. The standard InChI is InChI=1S/C21H29N3O4/c1-2-28-21(27)24-12-6-9-17(15-24)19(25)22-18-10-13-23(14-11-18)20(26)16-7-4-3-5-8-16/h3-5,7-8,17-18H,2,6,9-15H2,1H3,(H,22,25)/t17-/m1/s1. The smallest absolute Gasteiger partial charge is 0.409 e. The lowest BCUT2D eigenvalue weighted by Gasteiger charge is -2.35. The molecule has 3 rings (SSSR count). The minimum atomic E-state index is -0.340. The molecule has 2 aliphatic rings. The van der Waals surface area contributed by atoms with E-state index in [1.165, 1.54) is 0 Å². The number of hydrogen-bond donors (Lipinski definition) is 1. The summed E-state index contributed by atoms with van der Waals surface area (Å²) < 4.78 is 5.05. The molecule has 0 spiro atoms. The number of nitrogens with one attached hydrogen (secondary N) is 1. The summed E-state index contributed by atoms with van der Waals surface area (Å²) >= 11 is 0. The summed E-state index contributed by atoms with van der Waals surface area (Å²) in [5.74, 6) is -0.147. The molecule has 2 heterocycles. The van der Waals surface area contributed by atoms with Gasteiger partial charge in [-0.25, -0.2) is 4.79 Å². The third-order valence-electron chi connectivity index (χ3n) is 5.47. The van der Waals surface area contributed by atoms with Crippen molar-refractivity contribution in [3.8, 4) is 0 Å². The second-order valence-electron chi connectivity index (χ2n) is 7.43. The zero-order valence-electron chi connectivity index (χ0n) is 16.4. The van der Waals surface area contributed by atoms with E-state index in [1.54, 1.807) is 11.8 Å². The first-order valence-electron chi connectivity index (χ1n) is 10.1. The first-order valence-corrected chi connectivity index (χ1v) is 10.1. The quantitative estimate of drug-likeness (QED) is 0.860. The van der Waals surface area contributed by atoms with Crippen molar-refractivity contribution in [1.82, 2.24) is 15.1 Å². The van der Waals surface area contributed by atoms with E-state index in [0.29, 0.717) is 38.3 Å². The SMILES string of the molecule is CCOC(=O)N1CCC[C@@H](C(=O)NC2CCN(C(=O)c3ccccc3)CC2)C1. The molecule has 0 bridgehead atoms. The molecule has 0 aromatic heterocycles. The fourth-order valence-electron chi connectivity index (χ4n) is 3.88. The molecule has 3 amide bonds. The predicted molar refractivity (Wildman–Crippen MR) is 105 cm³/mol. The Bertz CT molecular complexity index is 686. The number of benzene rings is 1. The third-order valence-corrected chi connectivity index (χ3v) is 5.47. The van der Waals surface area contributed by atoms with E-state index >= 15 is 0 Å². The first-order chi connectivity index (χ1) is 13.6. The zero-order chi connectivity index (χ0) is 19.9. The number of likely N-dealkylation sites (tertiary alicyclic amines) is 2. The second kappa shape index (κ2) is 9.57. The molecule has 0 unspecified atom stereocenters. The van der Waals surface area contributed by atoms with E-state index in [4.69, 9.17) is 4.74 Å². The largest absolute Gasteiger partial charge is 0.450 e. The zero-order valence-corrected chi connectivity index (χ0v) is 16.4. The predicted octanol–water partition coefficient (Wildman–Crippen LogP) is 2.28. The van der Waals surface area contributed by atoms with Crippen LogP contribution in [0.5, 0.6) is 0 Å². The van der Waals surface area contributed by atoms with Crippen LogP contribution in [0.15, 0.2) is 30.3 Å². The van der Waals surface area contributed by atoms with Gasteiger partial charge in [-0.05, 0) is 44.7 Å². The number of amides is 3. The van der Waals surface area contributed by atoms with Gasteiger partial charge in [0.05, 0.1) is 12.5 Å². The molecule has 1 atom stereocenters. The minimum absolute atomic E-state index is 0.00170. The molecule has 2 saturated heterocycles. The summed E-state index contributed by atoms with van der Waals surface area (Å²) in [5.41, 5.74) is 0.700. The topological polar surface area (TPSA) is 79.0 Å². The van der Waals surface area contributed by atoms with Crippen LogP contribution in [0.1, 0.15) is 43.0 Å². The molecule has 0 radical (unpaired) electrons. The van der Waals surface area contributed by atoms with Crippen LogP contribution in [0.25, 0.3) is 0 Å². The van der Waals surface area contributed by atoms with E-state index in [9.17, 15) is 14.4 Å². The van der Waals surface area contributed by atoms with Crippen molar-refractivity contribution in [3.05, 3.63) is 35.9 Å². The highest BCUT2D eigenvalue weighted by Gasteiger charge is 2.31. The van der Waals surface area contributed by atoms with Crippen molar-refractivity contribution < 1.29 is 19.1 Å². The fourth-order valence-corrected chi connectivity index (χ4v) is 3.88. The average Bonchev–Trinajstić information content (AvgIpc) is 2.74. The summed E-state index contributed by atoms with van der Waals surface area (Å²) in [6.07, 6.45) is 2.75. The van der Waals surface area contributed by atoms with Crippen molar-refractivity contribution in [1.29, 1.82) is 0 Å². The van der Waals surface area contributed by atoms with Crippen LogP contribution in [-0.4, -0.2) is 66.5 Å². The van der Waals surface area contributed by atoms with Gasteiger partial charge in [0, 0.05) is 37.8 Å². The van der Waals surface area contributed by atoms with E-state index in [1.807, 2.05) is 35.2 Å². The van der Waals surface area contributed by atoms with Gasteiger partial charge in [0.25, 0.3) is 5.91 Å². The number of rotatable bonds is 4. The van der Waals surface area contributed by atoms with Crippen LogP contribution in [0, 0.1) is 5.92 Å². The molecule has 1 aromatic rings. The highest BCUT2D eigenvalue weighted by molar-refractivity contribution is 5.94. The summed E-state index contributed by atoms with van der Waals surface area (Å²) in [6, 6.07) is 9.36. The van der Waals surface area contributed by atoms with Crippen molar-refractivity contribution in [2.24, 2.45) is 5.92 Å². The van der Waals surface area contributed by atoms with Gasteiger partial charge in [-0.15, -0.1) is 0 Å². The lowest BCUT2D eigenvalue weighted by atomic mass is 9.96. The van der Waals surface area contributed by atoms with Gasteiger partial charge in [0.15, 0.2) is 0 Å². The van der Waals surface area contributed by atoms with Gasteiger partial charge >= 0.3 is 6.09 Å². The van der Waals surface area contributed by atoms with Crippen LogP contribution in [0.2, 0.25) is 0 Å². The molecule has 28 heavy (non-hydrogen) atoms. The second-order valence-corrected chi connectivity index (χ2v) is 7.43. The lowest BCUT2D eigenvalue weighted by molar-refractivity contribution is -0.127. The molecule has 0 saturated carbocycles. The first kappa shape index (κ1) is 20.2. The molecule has 152 valence electrons. The highest BCUT2D eigenvalue weighted by atomic mass is 16.6. The minimum Gasteiger partial charge on any atom is -0.450 e. The molecule has 7 heteroatoms. The molecular weight excluding hydrogens is 358 g/mol. The Balaban J connectivity index is 1.46. The van der Waals surface area contributed by atoms with E-state index < -0.39 is 0 Å². The number of ether oxygens (including phenoxy) is 1. The van der Waals surface area contributed by atoms with Gasteiger partial charge < -0.3 is 19.9 Å². The molecular formula is C21H29N3O4. The highest BCUT2D eigenvalue weighted by Crippen LogP contribution is 2.19. The van der Waals surface area contributed by atoms with Gasteiger partial charge in [-0.3, -0.25) is 9.59 Å². The summed E-state index contributed by atoms with van der Waals surface area (Å²) in [6.45, 7) is 4.45. The number of carbonyl (C=O) groups is 3. The van der Waals surface area contributed by atoms with E-state index in [0.717, 1.165) is 25.7 Å². The molecule has 1 N–H and O–H groups in total. The maximum atomic E-state index is 12.7. The van der Waals surface area contributed by atoms with Gasteiger partial charge in [-0.1, -0.05) is 18.2 Å². The maximum Gasteiger partial charge on any atom is 0.409 e. The van der Waals surface area contributed by atoms with Crippen LogP contribution in [-0.2, 0) is 9.53 Å². The Hall–Kier alpha value is -2.57. The van der Waals surface area contributed by atoms with Crippen LogP contribution in [0.4, 0.5) is 4.79 Å². The average molecular weight is 387 g/mol. The van der Waals surface area contributed by atoms with Gasteiger partial charge in [-0.2, -0.15) is 0 Å². The maximum absolute atomic E-state index is 12.7. The molecule has 1 aromatic carbocycles. The Labute approximate surface area is 166 Å². The molecule has 2 aliphatic heterocycles. The van der Waals surface area contributed by atoms with Crippen molar-refractivity contribution in [3.63, 3.8) is 0 Å². The van der Waals surface area contributed by atoms with Crippen molar-refractivity contribution >= 4 is 17.9 Å². The summed E-state index contributed by atoms with van der Waals surface area (Å²) in [7, 11) is 0. The summed E-state index contributed by atoms with van der Waals surface area (Å²) in [4.78, 5) is 40.6. The Morgan fingerprint density at radius 2 is 1.75 bits per heavy atom. The van der Waals surface area contributed by atoms with Gasteiger partial charge in [0.1, 0.15) is 0 Å². The normalized spacial score (nSPS) is 20.5.